The van der Waals surface area contributed by atoms with Crippen LogP contribution >= 0.6 is 11.6 Å². The standard InChI is InChI=1S/C12H22ClN3O/c1-4-16-11(12(13)10(2)15-16)6-5-7-14-8-9-17-3/h14H,4-9H2,1-3H3. The van der Waals surface area contributed by atoms with E-state index >= 15 is 0 Å². The van der Waals surface area contributed by atoms with Crippen LogP contribution in [0, 0.1) is 6.92 Å². The second-order valence-electron chi connectivity index (χ2n) is 4.01. The van der Waals surface area contributed by atoms with Gasteiger partial charge in [0.1, 0.15) is 0 Å². The van der Waals surface area contributed by atoms with Crippen molar-refractivity contribution in [2.24, 2.45) is 0 Å². The van der Waals surface area contributed by atoms with E-state index < -0.39 is 0 Å². The summed E-state index contributed by atoms with van der Waals surface area (Å²) in [7, 11) is 1.71. The van der Waals surface area contributed by atoms with E-state index in [2.05, 4.69) is 17.3 Å². The van der Waals surface area contributed by atoms with E-state index in [9.17, 15) is 0 Å². The number of hydrogen-bond acceptors (Lipinski definition) is 3. The minimum atomic E-state index is 0.757. The molecule has 0 saturated heterocycles. The fourth-order valence-corrected chi connectivity index (χ4v) is 2.02. The first-order valence-corrected chi connectivity index (χ1v) is 6.50. The van der Waals surface area contributed by atoms with Crippen molar-refractivity contribution in [2.45, 2.75) is 33.2 Å². The number of aryl methyl sites for hydroxylation is 2. The van der Waals surface area contributed by atoms with E-state index in [1.165, 1.54) is 0 Å². The van der Waals surface area contributed by atoms with Gasteiger partial charge in [0, 0.05) is 20.2 Å². The molecule has 1 aromatic heterocycles. The summed E-state index contributed by atoms with van der Waals surface area (Å²) in [6.07, 6.45) is 2.03. The molecule has 0 amide bonds. The van der Waals surface area contributed by atoms with Gasteiger partial charge in [-0.15, -0.1) is 0 Å². The minimum Gasteiger partial charge on any atom is -0.383 e. The summed E-state index contributed by atoms with van der Waals surface area (Å²) in [5.41, 5.74) is 2.08. The van der Waals surface area contributed by atoms with Crippen LogP contribution in [-0.4, -0.2) is 36.6 Å². The number of ether oxygens (including phenoxy) is 1. The average molecular weight is 260 g/mol. The van der Waals surface area contributed by atoms with Gasteiger partial charge >= 0.3 is 0 Å². The summed E-state index contributed by atoms with van der Waals surface area (Å²) in [4.78, 5) is 0. The SMILES string of the molecule is CCn1nc(C)c(Cl)c1CCCNCCOC. The van der Waals surface area contributed by atoms with Gasteiger partial charge in [-0.3, -0.25) is 4.68 Å². The fraction of sp³-hybridized carbons (Fsp3) is 0.750. The van der Waals surface area contributed by atoms with Crippen LogP contribution in [0.5, 0.6) is 0 Å². The van der Waals surface area contributed by atoms with Crippen molar-refractivity contribution in [3.63, 3.8) is 0 Å². The van der Waals surface area contributed by atoms with Crippen LogP contribution in [0.2, 0.25) is 5.02 Å². The maximum Gasteiger partial charge on any atom is 0.0847 e. The maximum atomic E-state index is 6.23. The van der Waals surface area contributed by atoms with Crippen LogP contribution in [0.1, 0.15) is 24.7 Å². The lowest BCUT2D eigenvalue weighted by atomic mass is 10.2. The lowest BCUT2D eigenvalue weighted by Crippen LogP contribution is -2.21. The molecule has 1 aromatic rings. The number of halogens is 1. The second kappa shape index (κ2) is 7.69. The van der Waals surface area contributed by atoms with Crippen molar-refractivity contribution in [1.29, 1.82) is 0 Å². The molecule has 0 atom stereocenters. The van der Waals surface area contributed by atoms with Gasteiger partial charge in [-0.2, -0.15) is 5.10 Å². The molecule has 17 heavy (non-hydrogen) atoms. The molecule has 0 spiro atoms. The third-order valence-corrected chi connectivity index (χ3v) is 3.19. The molecule has 0 aliphatic carbocycles. The van der Waals surface area contributed by atoms with E-state index in [4.69, 9.17) is 16.3 Å². The molecule has 1 N–H and O–H groups in total. The molecular weight excluding hydrogens is 238 g/mol. The quantitative estimate of drug-likeness (QED) is 0.726. The maximum absolute atomic E-state index is 6.23. The molecule has 0 aliphatic rings. The molecule has 4 nitrogen and oxygen atoms in total. The summed E-state index contributed by atoms with van der Waals surface area (Å²) in [6.45, 7) is 7.55. The van der Waals surface area contributed by atoms with Gasteiger partial charge in [-0.1, -0.05) is 11.6 Å². The normalized spacial score (nSPS) is 11.1. The minimum absolute atomic E-state index is 0.757. The Balaban J connectivity index is 2.35. The smallest absolute Gasteiger partial charge is 0.0847 e. The molecule has 5 heteroatoms. The van der Waals surface area contributed by atoms with E-state index in [0.29, 0.717) is 0 Å². The van der Waals surface area contributed by atoms with Crippen LogP contribution in [0.15, 0.2) is 0 Å². The molecule has 0 aromatic carbocycles. The van der Waals surface area contributed by atoms with Gasteiger partial charge in [-0.05, 0) is 33.2 Å². The van der Waals surface area contributed by atoms with Crippen molar-refractivity contribution in [2.75, 3.05) is 26.8 Å². The number of rotatable bonds is 8. The first kappa shape index (κ1) is 14.5. The van der Waals surface area contributed by atoms with Crippen molar-refractivity contribution in [3.05, 3.63) is 16.4 Å². The van der Waals surface area contributed by atoms with E-state index in [0.717, 1.165) is 55.5 Å². The average Bonchev–Trinajstić information content (AvgIpc) is 2.60. The highest BCUT2D eigenvalue weighted by Gasteiger charge is 2.11. The predicted molar refractivity (Wildman–Crippen MR) is 70.7 cm³/mol. The van der Waals surface area contributed by atoms with Gasteiger partial charge < -0.3 is 10.1 Å². The summed E-state index contributed by atoms with van der Waals surface area (Å²) in [5.74, 6) is 0. The highest BCUT2D eigenvalue weighted by Crippen LogP contribution is 2.21. The van der Waals surface area contributed by atoms with Crippen molar-refractivity contribution < 1.29 is 4.74 Å². The Morgan fingerprint density at radius 2 is 2.18 bits per heavy atom. The van der Waals surface area contributed by atoms with Crippen LogP contribution in [0.25, 0.3) is 0 Å². The molecule has 0 bridgehead atoms. The van der Waals surface area contributed by atoms with Crippen molar-refractivity contribution in [1.82, 2.24) is 15.1 Å². The van der Waals surface area contributed by atoms with Crippen LogP contribution in [0.4, 0.5) is 0 Å². The number of nitrogens with zero attached hydrogens (tertiary/aromatic N) is 2. The molecule has 0 unspecified atom stereocenters. The molecule has 0 saturated carbocycles. The number of hydrogen-bond donors (Lipinski definition) is 1. The fourth-order valence-electron chi connectivity index (χ4n) is 1.79. The monoisotopic (exact) mass is 259 g/mol. The zero-order valence-electron chi connectivity index (χ0n) is 10.9. The summed E-state index contributed by atoms with van der Waals surface area (Å²) in [6, 6.07) is 0. The van der Waals surface area contributed by atoms with Gasteiger partial charge in [-0.25, -0.2) is 0 Å². The summed E-state index contributed by atoms with van der Waals surface area (Å²) < 4.78 is 6.96. The Bertz CT molecular complexity index is 339. The third-order valence-electron chi connectivity index (χ3n) is 2.70. The predicted octanol–water partition coefficient (Wildman–Crippen LogP) is 2.03. The van der Waals surface area contributed by atoms with Crippen molar-refractivity contribution in [3.8, 4) is 0 Å². The molecular formula is C12H22ClN3O. The van der Waals surface area contributed by atoms with Gasteiger partial charge in [0.2, 0.25) is 0 Å². The Morgan fingerprint density at radius 1 is 1.41 bits per heavy atom. The molecule has 0 fully saturated rings. The number of nitrogens with one attached hydrogen (secondary N) is 1. The first-order valence-electron chi connectivity index (χ1n) is 6.12. The van der Waals surface area contributed by atoms with E-state index in [1.807, 2.05) is 11.6 Å². The Labute approximate surface area is 108 Å². The first-order chi connectivity index (χ1) is 8.20. The number of methoxy groups -OCH3 is 1. The Morgan fingerprint density at radius 3 is 2.82 bits per heavy atom. The van der Waals surface area contributed by atoms with Crippen LogP contribution in [0.3, 0.4) is 0 Å². The topological polar surface area (TPSA) is 39.1 Å². The molecule has 1 rings (SSSR count). The lowest BCUT2D eigenvalue weighted by Gasteiger charge is -2.06. The van der Waals surface area contributed by atoms with Gasteiger partial charge in [0.15, 0.2) is 0 Å². The zero-order valence-corrected chi connectivity index (χ0v) is 11.7. The summed E-state index contributed by atoms with van der Waals surface area (Å²) in [5, 5.41) is 8.55. The van der Waals surface area contributed by atoms with Crippen LogP contribution in [-0.2, 0) is 17.7 Å². The molecule has 0 aliphatic heterocycles. The van der Waals surface area contributed by atoms with E-state index in [1.54, 1.807) is 7.11 Å². The highest BCUT2D eigenvalue weighted by molar-refractivity contribution is 6.31. The third kappa shape index (κ3) is 4.30. The van der Waals surface area contributed by atoms with Gasteiger partial charge in [0.05, 0.1) is 23.0 Å². The zero-order chi connectivity index (χ0) is 12.7. The van der Waals surface area contributed by atoms with E-state index in [-0.39, 0.29) is 0 Å². The van der Waals surface area contributed by atoms with Gasteiger partial charge in [0.25, 0.3) is 0 Å². The molecule has 1 heterocycles. The lowest BCUT2D eigenvalue weighted by molar-refractivity contribution is 0.199. The van der Waals surface area contributed by atoms with Crippen molar-refractivity contribution >= 4 is 11.6 Å². The Kier molecular flexibility index (Phi) is 6.55. The molecule has 0 radical (unpaired) electrons. The number of aromatic nitrogens is 2. The summed E-state index contributed by atoms with van der Waals surface area (Å²) >= 11 is 6.23. The molecule has 98 valence electrons. The largest absolute Gasteiger partial charge is 0.383 e. The second-order valence-corrected chi connectivity index (χ2v) is 4.39. The van der Waals surface area contributed by atoms with Crippen LogP contribution < -0.4 is 5.32 Å². The Hall–Kier alpha value is -0.580. The highest BCUT2D eigenvalue weighted by atomic mass is 35.5.